The van der Waals surface area contributed by atoms with Crippen molar-refractivity contribution in [2.75, 3.05) is 31.1 Å². The minimum Gasteiger partial charge on any atom is -0.355 e. The predicted octanol–water partition coefficient (Wildman–Crippen LogP) is 2.51. The second-order valence-electron chi connectivity index (χ2n) is 5.51. The lowest BCUT2D eigenvalue weighted by atomic mass is 10.2. The molecule has 1 fully saturated rings. The Morgan fingerprint density at radius 3 is 2.70 bits per heavy atom. The molecule has 1 aromatic carbocycles. The maximum atomic E-state index is 13.3. The zero-order chi connectivity index (χ0) is 16.8. The summed E-state index contributed by atoms with van der Waals surface area (Å²) < 4.78 is 26.2. The molecule has 1 N–H and O–H groups in total. The third kappa shape index (κ3) is 4.40. The smallest absolute Gasteiger partial charge is 0.325 e. The highest BCUT2D eigenvalue weighted by Gasteiger charge is 2.31. The molecule has 0 unspecified atom stereocenters. The van der Waals surface area contributed by atoms with Gasteiger partial charge in [0.15, 0.2) is 11.6 Å². The van der Waals surface area contributed by atoms with Gasteiger partial charge >= 0.3 is 6.03 Å². The minimum absolute atomic E-state index is 0.0227. The fourth-order valence-electron chi connectivity index (χ4n) is 2.45. The molecule has 5 nitrogen and oxygen atoms in total. The van der Waals surface area contributed by atoms with E-state index in [1.54, 1.807) is 0 Å². The van der Waals surface area contributed by atoms with Crippen LogP contribution in [0.3, 0.4) is 0 Å². The Bertz CT molecular complexity index is 580. The molecule has 1 aliphatic rings. The lowest BCUT2D eigenvalue weighted by molar-refractivity contribution is -0.121. The molecular formula is C16H21F2N3O2. The number of hydrogen-bond donors (Lipinski definition) is 1. The van der Waals surface area contributed by atoms with E-state index in [1.165, 1.54) is 15.9 Å². The van der Waals surface area contributed by atoms with Crippen molar-refractivity contribution >= 4 is 17.6 Å². The molecule has 0 bridgehead atoms. The highest BCUT2D eigenvalue weighted by molar-refractivity contribution is 5.96. The molecule has 0 spiro atoms. The van der Waals surface area contributed by atoms with Crippen molar-refractivity contribution in [3.63, 3.8) is 0 Å². The van der Waals surface area contributed by atoms with Crippen molar-refractivity contribution in [2.45, 2.75) is 26.2 Å². The van der Waals surface area contributed by atoms with Crippen LogP contribution in [0, 0.1) is 11.6 Å². The predicted molar refractivity (Wildman–Crippen MR) is 83.2 cm³/mol. The molecule has 0 aromatic heterocycles. The van der Waals surface area contributed by atoms with Crippen LogP contribution < -0.4 is 10.2 Å². The Morgan fingerprint density at radius 1 is 1.22 bits per heavy atom. The molecule has 0 atom stereocenters. The Balaban J connectivity index is 1.88. The average molecular weight is 325 g/mol. The number of amides is 3. The first kappa shape index (κ1) is 17.2. The van der Waals surface area contributed by atoms with Crippen LogP contribution in [0.5, 0.6) is 0 Å². The summed E-state index contributed by atoms with van der Waals surface area (Å²) in [5.74, 6) is -2.16. The van der Waals surface area contributed by atoms with E-state index in [2.05, 4.69) is 12.2 Å². The lowest BCUT2D eigenvalue weighted by Gasteiger charge is -2.18. The van der Waals surface area contributed by atoms with Gasteiger partial charge in [0.2, 0.25) is 5.91 Å². The monoisotopic (exact) mass is 325 g/mol. The van der Waals surface area contributed by atoms with Crippen molar-refractivity contribution in [1.29, 1.82) is 0 Å². The van der Waals surface area contributed by atoms with Crippen LogP contribution in [0.4, 0.5) is 19.3 Å². The van der Waals surface area contributed by atoms with Crippen molar-refractivity contribution in [3.8, 4) is 0 Å². The Morgan fingerprint density at radius 2 is 2.00 bits per heavy atom. The minimum atomic E-state index is -0.998. The lowest BCUT2D eigenvalue weighted by Crippen LogP contribution is -2.40. The quantitative estimate of drug-likeness (QED) is 0.783. The number of carbonyl (C=O) groups excluding carboxylic acids is 2. The normalized spacial score (nSPS) is 14.5. The third-order valence-corrected chi connectivity index (χ3v) is 3.75. The highest BCUT2D eigenvalue weighted by atomic mass is 19.2. The number of benzene rings is 1. The van der Waals surface area contributed by atoms with Crippen LogP contribution >= 0.6 is 0 Å². The first-order valence-electron chi connectivity index (χ1n) is 7.81. The molecule has 126 valence electrons. The van der Waals surface area contributed by atoms with E-state index in [-0.39, 0.29) is 18.5 Å². The molecule has 7 heteroatoms. The number of halogens is 2. The number of nitrogens with one attached hydrogen (secondary N) is 1. The number of anilines is 1. The molecule has 1 heterocycles. The molecular weight excluding hydrogens is 304 g/mol. The topological polar surface area (TPSA) is 52.7 Å². The van der Waals surface area contributed by atoms with Crippen LogP contribution in [-0.2, 0) is 4.79 Å². The van der Waals surface area contributed by atoms with E-state index in [0.29, 0.717) is 25.3 Å². The van der Waals surface area contributed by atoms with Crippen LogP contribution in [0.1, 0.15) is 26.2 Å². The first-order valence-corrected chi connectivity index (χ1v) is 7.81. The van der Waals surface area contributed by atoms with Gasteiger partial charge in [-0.15, -0.1) is 0 Å². The largest absolute Gasteiger partial charge is 0.355 e. The second kappa shape index (κ2) is 7.89. The van der Waals surface area contributed by atoms with Gasteiger partial charge in [0.1, 0.15) is 6.54 Å². The maximum Gasteiger partial charge on any atom is 0.325 e. The summed E-state index contributed by atoms with van der Waals surface area (Å²) in [7, 11) is 0. The maximum absolute atomic E-state index is 13.3. The van der Waals surface area contributed by atoms with Gasteiger partial charge in [-0.2, -0.15) is 0 Å². The van der Waals surface area contributed by atoms with Gasteiger partial charge in [-0.05, 0) is 18.6 Å². The molecule has 1 aromatic rings. The van der Waals surface area contributed by atoms with E-state index in [0.717, 1.165) is 31.4 Å². The van der Waals surface area contributed by atoms with Crippen LogP contribution in [-0.4, -0.2) is 43.0 Å². The van der Waals surface area contributed by atoms with Crippen molar-refractivity contribution in [3.05, 3.63) is 29.8 Å². The number of rotatable bonds is 7. The summed E-state index contributed by atoms with van der Waals surface area (Å²) in [6.45, 7) is 3.37. The molecule has 0 saturated carbocycles. The number of hydrogen-bond acceptors (Lipinski definition) is 2. The van der Waals surface area contributed by atoms with E-state index in [9.17, 15) is 18.4 Å². The van der Waals surface area contributed by atoms with Gasteiger partial charge in [-0.25, -0.2) is 13.6 Å². The van der Waals surface area contributed by atoms with Gasteiger partial charge in [-0.3, -0.25) is 9.69 Å². The van der Waals surface area contributed by atoms with Gasteiger partial charge in [0.25, 0.3) is 0 Å². The van der Waals surface area contributed by atoms with E-state index >= 15 is 0 Å². The summed E-state index contributed by atoms with van der Waals surface area (Å²) in [6.07, 6.45) is 3.04. The van der Waals surface area contributed by atoms with Crippen LogP contribution in [0.15, 0.2) is 18.2 Å². The molecule has 1 aliphatic heterocycles. The van der Waals surface area contributed by atoms with Gasteiger partial charge in [0, 0.05) is 31.4 Å². The number of nitrogens with zero attached hydrogens (tertiary/aromatic N) is 2. The molecule has 3 amide bonds. The molecule has 2 rings (SSSR count). The molecule has 0 aliphatic carbocycles. The number of unbranched alkanes of at least 4 members (excludes halogenated alkanes) is 2. The van der Waals surface area contributed by atoms with Crippen LogP contribution in [0.25, 0.3) is 0 Å². The summed E-state index contributed by atoms with van der Waals surface area (Å²) in [5, 5.41) is 2.78. The summed E-state index contributed by atoms with van der Waals surface area (Å²) >= 11 is 0. The Kier molecular flexibility index (Phi) is 5.90. The van der Waals surface area contributed by atoms with Crippen molar-refractivity contribution in [1.82, 2.24) is 10.2 Å². The standard InChI is InChI=1S/C16H21F2N3O2/c1-2-3-4-7-19-15(22)11-20-8-9-21(16(20)23)12-5-6-13(17)14(18)10-12/h5-6,10H,2-4,7-9,11H2,1H3,(H,19,22). The van der Waals surface area contributed by atoms with Gasteiger partial charge in [0.05, 0.1) is 0 Å². The zero-order valence-electron chi connectivity index (χ0n) is 13.1. The molecule has 1 saturated heterocycles. The fourth-order valence-corrected chi connectivity index (χ4v) is 2.45. The molecule has 23 heavy (non-hydrogen) atoms. The summed E-state index contributed by atoms with van der Waals surface area (Å²) in [4.78, 5) is 26.8. The van der Waals surface area contributed by atoms with Crippen LogP contribution in [0.2, 0.25) is 0 Å². The van der Waals surface area contributed by atoms with E-state index in [4.69, 9.17) is 0 Å². The van der Waals surface area contributed by atoms with Gasteiger partial charge < -0.3 is 10.2 Å². The van der Waals surface area contributed by atoms with Crippen molar-refractivity contribution in [2.24, 2.45) is 0 Å². The Hall–Kier alpha value is -2.18. The average Bonchev–Trinajstić information content (AvgIpc) is 2.88. The number of carbonyl (C=O) groups is 2. The molecule has 0 radical (unpaired) electrons. The SMILES string of the molecule is CCCCCNC(=O)CN1CCN(c2ccc(F)c(F)c2)C1=O. The zero-order valence-corrected chi connectivity index (χ0v) is 13.1. The second-order valence-corrected chi connectivity index (χ2v) is 5.51. The van der Waals surface area contributed by atoms with E-state index < -0.39 is 11.6 Å². The third-order valence-electron chi connectivity index (χ3n) is 3.75. The Labute approximate surface area is 134 Å². The fraction of sp³-hybridized carbons (Fsp3) is 0.500. The number of urea groups is 1. The highest BCUT2D eigenvalue weighted by Crippen LogP contribution is 2.22. The van der Waals surface area contributed by atoms with E-state index in [1.807, 2.05) is 0 Å². The van der Waals surface area contributed by atoms with Gasteiger partial charge in [-0.1, -0.05) is 19.8 Å². The van der Waals surface area contributed by atoms with Crippen molar-refractivity contribution < 1.29 is 18.4 Å². The first-order chi connectivity index (χ1) is 11.0. The summed E-state index contributed by atoms with van der Waals surface area (Å²) in [5.41, 5.74) is 0.291. The summed E-state index contributed by atoms with van der Waals surface area (Å²) in [6, 6.07) is 2.95.